The SMILES string of the molecule is CCCNc1nc(NCCN(C)C(C)C)nc(OC)n1. The highest BCUT2D eigenvalue weighted by molar-refractivity contribution is 5.35. The zero-order valence-electron chi connectivity index (χ0n) is 13.1. The minimum atomic E-state index is 0.318. The van der Waals surface area contributed by atoms with Crippen LogP contribution >= 0.6 is 0 Å². The Balaban J connectivity index is 2.59. The third-order valence-electron chi connectivity index (χ3n) is 2.96. The summed E-state index contributed by atoms with van der Waals surface area (Å²) in [5, 5.41) is 6.33. The van der Waals surface area contributed by atoms with Crippen LogP contribution in [0.2, 0.25) is 0 Å². The summed E-state index contributed by atoms with van der Waals surface area (Å²) in [6.07, 6.45) is 1.01. The highest BCUT2D eigenvalue weighted by atomic mass is 16.5. The van der Waals surface area contributed by atoms with Gasteiger partial charge in [0.1, 0.15) is 0 Å². The van der Waals surface area contributed by atoms with Crippen molar-refractivity contribution in [2.45, 2.75) is 33.2 Å². The standard InChI is InChI=1S/C13H26N6O/c1-6-7-14-11-16-12(18-13(17-11)20-5)15-8-9-19(4)10(2)3/h10H,6-9H2,1-5H3,(H2,14,15,16,17,18). The summed E-state index contributed by atoms with van der Waals surface area (Å²) in [4.78, 5) is 14.9. The molecule has 0 fully saturated rings. The van der Waals surface area contributed by atoms with E-state index in [9.17, 15) is 0 Å². The molecule has 0 radical (unpaired) electrons. The summed E-state index contributed by atoms with van der Waals surface area (Å²) in [7, 11) is 3.64. The molecule has 0 aliphatic rings. The Bertz CT molecular complexity index is 398. The lowest BCUT2D eigenvalue weighted by Gasteiger charge is -2.20. The van der Waals surface area contributed by atoms with E-state index in [1.807, 2.05) is 0 Å². The molecule has 20 heavy (non-hydrogen) atoms. The molecule has 0 spiro atoms. The Morgan fingerprint density at radius 2 is 1.70 bits per heavy atom. The Morgan fingerprint density at radius 1 is 1.10 bits per heavy atom. The third-order valence-corrected chi connectivity index (χ3v) is 2.96. The Morgan fingerprint density at radius 3 is 2.20 bits per heavy atom. The monoisotopic (exact) mass is 282 g/mol. The van der Waals surface area contributed by atoms with Gasteiger partial charge >= 0.3 is 6.01 Å². The average Bonchev–Trinajstić information content (AvgIpc) is 2.44. The number of likely N-dealkylation sites (N-methyl/N-ethyl adjacent to an activating group) is 1. The lowest BCUT2D eigenvalue weighted by atomic mass is 10.3. The first kappa shape index (κ1) is 16.4. The Kier molecular flexibility index (Phi) is 7.00. The molecular weight excluding hydrogens is 256 g/mol. The molecule has 0 atom stereocenters. The van der Waals surface area contributed by atoms with Gasteiger partial charge in [-0.3, -0.25) is 0 Å². The second kappa shape index (κ2) is 8.52. The van der Waals surface area contributed by atoms with Crippen molar-refractivity contribution in [2.75, 3.05) is 44.4 Å². The average molecular weight is 282 g/mol. The lowest BCUT2D eigenvalue weighted by Crippen LogP contribution is -2.31. The fourth-order valence-electron chi connectivity index (χ4n) is 1.44. The van der Waals surface area contributed by atoms with Gasteiger partial charge in [0, 0.05) is 25.7 Å². The molecule has 1 aromatic rings. The zero-order valence-corrected chi connectivity index (χ0v) is 13.1. The number of nitrogens with zero attached hydrogens (tertiary/aromatic N) is 4. The summed E-state index contributed by atoms with van der Waals surface area (Å²) < 4.78 is 5.09. The number of methoxy groups -OCH3 is 1. The first-order valence-corrected chi connectivity index (χ1v) is 7.04. The smallest absolute Gasteiger partial charge is 0.322 e. The van der Waals surface area contributed by atoms with Gasteiger partial charge in [-0.15, -0.1) is 0 Å². The molecule has 0 unspecified atom stereocenters. The molecule has 0 amide bonds. The number of aromatic nitrogens is 3. The van der Waals surface area contributed by atoms with Crippen LogP contribution in [-0.2, 0) is 0 Å². The Hall–Kier alpha value is -1.63. The van der Waals surface area contributed by atoms with E-state index in [1.54, 1.807) is 7.11 Å². The summed E-state index contributed by atoms with van der Waals surface area (Å²) in [5.41, 5.74) is 0. The molecule has 1 heterocycles. The minimum absolute atomic E-state index is 0.318. The van der Waals surface area contributed by atoms with Gasteiger partial charge in [-0.05, 0) is 27.3 Å². The van der Waals surface area contributed by atoms with Crippen molar-refractivity contribution in [3.8, 4) is 6.01 Å². The molecule has 0 aliphatic carbocycles. The number of ether oxygens (including phenoxy) is 1. The van der Waals surface area contributed by atoms with Gasteiger partial charge in [0.2, 0.25) is 11.9 Å². The molecule has 7 heteroatoms. The maximum absolute atomic E-state index is 5.09. The predicted octanol–water partition coefficient (Wildman–Crippen LogP) is 1.45. The van der Waals surface area contributed by atoms with E-state index in [0.717, 1.165) is 26.1 Å². The van der Waals surface area contributed by atoms with Crippen molar-refractivity contribution in [3.63, 3.8) is 0 Å². The van der Waals surface area contributed by atoms with Crippen LogP contribution in [0.25, 0.3) is 0 Å². The van der Waals surface area contributed by atoms with Crippen LogP contribution in [0, 0.1) is 0 Å². The van der Waals surface area contributed by atoms with Gasteiger partial charge in [0.25, 0.3) is 0 Å². The topological polar surface area (TPSA) is 75.2 Å². The fourth-order valence-corrected chi connectivity index (χ4v) is 1.44. The highest BCUT2D eigenvalue weighted by Crippen LogP contribution is 2.10. The molecule has 1 aromatic heterocycles. The second-order valence-corrected chi connectivity index (χ2v) is 4.90. The maximum Gasteiger partial charge on any atom is 0.322 e. The van der Waals surface area contributed by atoms with Gasteiger partial charge in [-0.25, -0.2) is 0 Å². The van der Waals surface area contributed by atoms with Crippen LogP contribution in [0.1, 0.15) is 27.2 Å². The normalized spacial score (nSPS) is 10.9. The van der Waals surface area contributed by atoms with Gasteiger partial charge in [-0.2, -0.15) is 15.0 Å². The van der Waals surface area contributed by atoms with Crippen LogP contribution in [0.15, 0.2) is 0 Å². The lowest BCUT2D eigenvalue weighted by molar-refractivity contribution is 0.284. The van der Waals surface area contributed by atoms with Crippen molar-refractivity contribution < 1.29 is 4.74 Å². The molecule has 114 valence electrons. The van der Waals surface area contributed by atoms with Crippen molar-refractivity contribution in [3.05, 3.63) is 0 Å². The quantitative estimate of drug-likeness (QED) is 0.710. The van der Waals surface area contributed by atoms with E-state index >= 15 is 0 Å². The highest BCUT2D eigenvalue weighted by Gasteiger charge is 2.07. The molecule has 7 nitrogen and oxygen atoms in total. The van der Waals surface area contributed by atoms with Crippen molar-refractivity contribution in [1.82, 2.24) is 19.9 Å². The maximum atomic E-state index is 5.09. The zero-order chi connectivity index (χ0) is 15.0. The van der Waals surface area contributed by atoms with E-state index in [1.165, 1.54) is 0 Å². The van der Waals surface area contributed by atoms with E-state index in [-0.39, 0.29) is 0 Å². The van der Waals surface area contributed by atoms with Gasteiger partial charge in [0.15, 0.2) is 0 Å². The van der Waals surface area contributed by atoms with E-state index < -0.39 is 0 Å². The van der Waals surface area contributed by atoms with Gasteiger partial charge in [-0.1, -0.05) is 6.92 Å². The first-order valence-electron chi connectivity index (χ1n) is 7.04. The van der Waals surface area contributed by atoms with Crippen LogP contribution in [0.5, 0.6) is 6.01 Å². The van der Waals surface area contributed by atoms with Gasteiger partial charge in [0.05, 0.1) is 7.11 Å². The second-order valence-electron chi connectivity index (χ2n) is 4.90. The van der Waals surface area contributed by atoms with E-state index in [0.29, 0.717) is 23.9 Å². The van der Waals surface area contributed by atoms with E-state index in [2.05, 4.69) is 58.3 Å². The van der Waals surface area contributed by atoms with E-state index in [4.69, 9.17) is 4.74 Å². The molecule has 0 aliphatic heterocycles. The number of rotatable bonds is 9. The summed E-state index contributed by atoms with van der Waals surface area (Å²) in [6.45, 7) is 8.94. The first-order chi connectivity index (χ1) is 9.56. The van der Waals surface area contributed by atoms with Crippen LogP contribution in [0.4, 0.5) is 11.9 Å². The van der Waals surface area contributed by atoms with Crippen LogP contribution in [-0.4, -0.2) is 59.7 Å². The molecule has 0 saturated heterocycles. The number of hydrogen-bond acceptors (Lipinski definition) is 7. The van der Waals surface area contributed by atoms with Crippen molar-refractivity contribution >= 4 is 11.9 Å². The Labute approximate surface area is 121 Å². The molecule has 0 aromatic carbocycles. The molecule has 2 N–H and O–H groups in total. The molecule has 0 bridgehead atoms. The summed E-state index contributed by atoms with van der Waals surface area (Å²) in [5.74, 6) is 1.08. The summed E-state index contributed by atoms with van der Waals surface area (Å²) >= 11 is 0. The number of nitrogens with one attached hydrogen (secondary N) is 2. The van der Waals surface area contributed by atoms with Crippen LogP contribution < -0.4 is 15.4 Å². The van der Waals surface area contributed by atoms with Gasteiger partial charge < -0.3 is 20.3 Å². The van der Waals surface area contributed by atoms with Crippen LogP contribution in [0.3, 0.4) is 0 Å². The number of hydrogen-bond donors (Lipinski definition) is 2. The minimum Gasteiger partial charge on any atom is -0.467 e. The largest absolute Gasteiger partial charge is 0.467 e. The fraction of sp³-hybridized carbons (Fsp3) is 0.769. The molecular formula is C13H26N6O. The molecule has 1 rings (SSSR count). The third kappa shape index (κ3) is 5.56. The van der Waals surface area contributed by atoms with Crippen molar-refractivity contribution in [1.29, 1.82) is 0 Å². The number of anilines is 2. The molecule has 0 saturated carbocycles. The predicted molar refractivity (Wildman–Crippen MR) is 81.4 cm³/mol. The summed E-state index contributed by atoms with van der Waals surface area (Å²) in [6, 6.07) is 0.838. The van der Waals surface area contributed by atoms with Crippen molar-refractivity contribution in [2.24, 2.45) is 0 Å².